The van der Waals surface area contributed by atoms with Gasteiger partial charge in [0.25, 0.3) is 0 Å². The van der Waals surface area contributed by atoms with Gasteiger partial charge >= 0.3 is 17.9 Å². The number of carbonyl (C=O) groups excluding carboxylic acids is 6. The van der Waals surface area contributed by atoms with Crippen molar-refractivity contribution in [2.24, 2.45) is 27.9 Å². The van der Waals surface area contributed by atoms with Gasteiger partial charge < -0.3 is 75.1 Å². The smallest absolute Gasteiger partial charge is 0.322 e. The molecule has 60 heavy (non-hydrogen) atoms. The number of rotatable bonds is 31. The second-order valence-electron chi connectivity index (χ2n) is 13.3. The lowest BCUT2D eigenvalue weighted by atomic mass is 10.0. The number of unbranched alkanes of at least 4 members (excludes halogenated alkanes) is 1. The molecule has 0 aliphatic carbocycles. The van der Waals surface area contributed by atoms with Crippen molar-refractivity contribution in [3.63, 3.8) is 0 Å². The molecule has 0 aromatic carbocycles. The number of carbonyl (C=O) groups is 9. The van der Waals surface area contributed by atoms with E-state index in [0.29, 0.717) is 31.6 Å². The minimum atomic E-state index is -1.78. The summed E-state index contributed by atoms with van der Waals surface area (Å²) in [5.74, 6) is -9.70. The molecule has 0 unspecified atom stereocenters. The molecule has 0 spiro atoms. The first kappa shape index (κ1) is 52.0. The van der Waals surface area contributed by atoms with Crippen LogP contribution in [-0.4, -0.2) is 152 Å². The SMILES string of the molecule is CSCC[C@H](NC(=O)[C@H](CCCCN)NC(=O)[C@@H](N)CCCN=C(N)N)C(=O)N[C@@H](CCC(=O)O)C(=O)N[C@@H](Cc1cnc[nH]1)C(=O)N[C@@H](CC(=O)O)C(=O)NCC(=O)O. The van der Waals surface area contributed by atoms with E-state index in [-0.39, 0.29) is 43.9 Å². The molecule has 25 nitrogen and oxygen atoms in total. The van der Waals surface area contributed by atoms with Gasteiger partial charge in [-0.2, -0.15) is 11.8 Å². The lowest BCUT2D eigenvalue weighted by molar-refractivity contribution is -0.142. The quantitative estimate of drug-likeness (QED) is 0.0189. The zero-order chi connectivity index (χ0) is 45.2. The third-order valence-electron chi connectivity index (χ3n) is 8.45. The highest BCUT2D eigenvalue weighted by atomic mass is 32.2. The fraction of sp³-hybridized carbons (Fsp3) is 0.618. The molecule has 0 fully saturated rings. The number of carboxylic acid groups (broad SMARTS) is 3. The molecular weight excluding hydrogens is 815 g/mol. The lowest BCUT2D eigenvalue weighted by Crippen LogP contribution is -2.60. The van der Waals surface area contributed by atoms with Gasteiger partial charge in [0.05, 0.1) is 18.8 Å². The van der Waals surface area contributed by atoms with Gasteiger partial charge in [-0.3, -0.25) is 48.1 Å². The number of hydrogen-bond donors (Lipinski definition) is 14. The lowest BCUT2D eigenvalue weighted by Gasteiger charge is -2.27. The molecule has 336 valence electrons. The number of imidazole rings is 1. The molecule has 0 aliphatic rings. The van der Waals surface area contributed by atoms with Crippen LogP contribution >= 0.6 is 11.8 Å². The van der Waals surface area contributed by atoms with Crippen LogP contribution in [0.4, 0.5) is 0 Å². The van der Waals surface area contributed by atoms with E-state index in [0.717, 1.165) is 0 Å². The van der Waals surface area contributed by atoms with Crippen molar-refractivity contribution in [2.75, 3.05) is 31.6 Å². The number of amides is 6. The molecule has 1 aromatic heterocycles. The van der Waals surface area contributed by atoms with Gasteiger partial charge in [0.2, 0.25) is 35.4 Å². The summed E-state index contributed by atoms with van der Waals surface area (Å²) in [6, 6.07) is -8.48. The first-order valence-electron chi connectivity index (χ1n) is 18.8. The number of nitrogens with two attached hydrogens (primary N) is 4. The first-order valence-corrected chi connectivity index (χ1v) is 20.2. The molecule has 6 atom stereocenters. The molecule has 0 aliphatic heterocycles. The summed E-state index contributed by atoms with van der Waals surface area (Å²) < 4.78 is 0. The molecule has 0 saturated heterocycles. The molecule has 1 rings (SSSR count). The highest BCUT2D eigenvalue weighted by molar-refractivity contribution is 7.98. The van der Waals surface area contributed by atoms with E-state index in [1.165, 1.54) is 24.3 Å². The average Bonchev–Trinajstić information content (AvgIpc) is 3.70. The van der Waals surface area contributed by atoms with E-state index in [9.17, 15) is 53.4 Å². The predicted molar refractivity (Wildman–Crippen MR) is 216 cm³/mol. The van der Waals surface area contributed by atoms with E-state index in [4.69, 9.17) is 28.0 Å². The number of thioether (sulfide) groups is 1. The van der Waals surface area contributed by atoms with Gasteiger partial charge in [0.15, 0.2) is 5.96 Å². The summed E-state index contributed by atoms with van der Waals surface area (Å²) in [6.07, 6.45) is 3.54. The molecule has 1 heterocycles. The molecule has 1 aromatic rings. The standard InChI is InChI=1S/C34H57N13O12S/c1-60-12-9-22(45-30(56)20(6-2-3-10-35)43-28(54)19(36)5-4-11-40-34(37)38)32(58)44-21(7-8-25(48)49)31(57)46-23(13-18-15-39-17-42-18)33(59)47-24(14-26(50)51)29(55)41-16-27(52)53/h15,17,19-24H,2-14,16,35-36H2,1H3,(H,39,42)(H,41,55)(H,43,54)(H,44,58)(H,45,56)(H,46,57)(H,47,59)(H,48,49)(H,50,51)(H,52,53)(H4,37,38,40)/t19-,20-,21-,22-,23-,24-/m0/s1. The topological polar surface area (TPSA) is 432 Å². The molecule has 0 saturated carbocycles. The van der Waals surface area contributed by atoms with Crippen molar-refractivity contribution in [1.82, 2.24) is 41.9 Å². The van der Waals surface area contributed by atoms with Crippen LogP contribution in [0, 0.1) is 0 Å². The van der Waals surface area contributed by atoms with E-state index in [1.807, 2.05) is 5.32 Å². The number of H-pyrrole nitrogens is 1. The Morgan fingerprint density at radius 3 is 1.82 bits per heavy atom. The summed E-state index contributed by atoms with van der Waals surface area (Å²) in [5.41, 5.74) is 22.6. The maximum absolute atomic E-state index is 13.8. The van der Waals surface area contributed by atoms with Gasteiger partial charge in [-0.25, -0.2) is 4.98 Å². The molecule has 18 N–H and O–H groups in total. The first-order chi connectivity index (χ1) is 28.4. The van der Waals surface area contributed by atoms with E-state index < -0.39 is 115 Å². The summed E-state index contributed by atoms with van der Waals surface area (Å²) in [5, 5.41) is 41.9. The van der Waals surface area contributed by atoms with Crippen LogP contribution < -0.4 is 54.8 Å². The number of nitrogens with one attached hydrogen (secondary N) is 7. The summed E-state index contributed by atoms with van der Waals surface area (Å²) in [4.78, 5) is 125. The second kappa shape index (κ2) is 28.4. The predicted octanol–water partition coefficient (Wildman–Crippen LogP) is -4.82. The number of hydrogen-bond acceptors (Lipinski definition) is 14. The van der Waals surface area contributed by atoms with Crippen molar-refractivity contribution in [3.8, 4) is 0 Å². The Bertz CT molecular complexity index is 1630. The maximum Gasteiger partial charge on any atom is 0.322 e. The van der Waals surface area contributed by atoms with Crippen molar-refractivity contribution < 1.29 is 58.5 Å². The Labute approximate surface area is 349 Å². The Morgan fingerprint density at radius 2 is 1.28 bits per heavy atom. The zero-order valence-corrected chi connectivity index (χ0v) is 34.0. The molecule has 0 radical (unpaired) electrons. The van der Waals surface area contributed by atoms with E-state index in [1.54, 1.807) is 6.26 Å². The van der Waals surface area contributed by atoms with Crippen LogP contribution in [0.25, 0.3) is 0 Å². The Balaban J connectivity index is 3.35. The fourth-order valence-corrected chi connectivity index (χ4v) is 5.79. The Hall–Kier alpha value is -6.02. The van der Waals surface area contributed by atoms with Gasteiger partial charge in [-0.05, 0) is 63.5 Å². The molecule has 0 bridgehead atoms. The zero-order valence-electron chi connectivity index (χ0n) is 33.1. The van der Waals surface area contributed by atoms with Crippen molar-refractivity contribution >= 4 is 71.1 Å². The third-order valence-corrected chi connectivity index (χ3v) is 9.09. The molecular formula is C34H57N13O12S. The number of aromatic amines is 1. The van der Waals surface area contributed by atoms with Crippen LogP contribution in [0.1, 0.15) is 63.5 Å². The average molecular weight is 872 g/mol. The highest BCUT2D eigenvalue weighted by Gasteiger charge is 2.34. The maximum atomic E-state index is 13.8. The summed E-state index contributed by atoms with van der Waals surface area (Å²) >= 11 is 1.33. The van der Waals surface area contributed by atoms with E-state index in [2.05, 4.69) is 41.5 Å². The molecule has 26 heteroatoms. The number of guanidine groups is 1. The van der Waals surface area contributed by atoms with Crippen LogP contribution in [0.3, 0.4) is 0 Å². The van der Waals surface area contributed by atoms with Crippen molar-refractivity contribution in [3.05, 3.63) is 18.2 Å². The highest BCUT2D eigenvalue weighted by Crippen LogP contribution is 2.09. The normalized spacial score (nSPS) is 13.8. The third kappa shape index (κ3) is 21.7. The van der Waals surface area contributed by atoms with E-state index >= 15 is 0 Å². The largest absolute Gasteiger partial charge is 0.481 e. The number of nitrogens with zero attached hydrogens (tertiary/aromatic N) is 2. The number of aliphatic imine (C=N–C) groups is 1. The summed E-state index contributed by atoms with van der Waals surface area (Å²) in [6.45, 7) is -0.356. The van der Waals surface area contributed by atoms with Gasteiger partial charge in [0.1, 0.15) is 36.8 Å². The number of aromatic nitrogens is 2. The number of carboxylic acids is 3. The Kier molecular flexibility index (Phi) is 24.6. The fourth-order valence-electron chi connectivity index (χ4n) is 5.32. The van der Waals surface area contributed by atoms with Crippen molar-refractivity contribution in [1.29, 1.82) is 0 Å². The van der Waals surface area contributed by atoms with Gasteiger partial charge in [-0.15, -0.1) is 0 Å². The van der Waals surface area contributed by atoms with Crippen LogP contribution in [0.15, 0.2) is 17.5 Å². The van der Waals surface area contributed by atoms with Gasteiger partial charge in [-0.1, -0.05) is 0 Å². The molecule has 6 amide bonds. The number of aliphatic carboxylic acids is 3. The van der Waals surface area contributed by atoms with Crippen LogP contribution in [-0.2, 0) is 49.6 Å². The minimum Gasteiger partial charge on any atom is -0.481 e. The van der Waals surface area contributed by atoms with Crippen molar-refractivity contribution in [2.45, 2.75) is 100 Å². The minimum absolute atomic E-state index is 0.0273. The van der Waals surface area contributed by atoms with Gasteiger partial charge in [0, 0.05) is 31.3 Å². The van der Waals surface area contributed by atoms with Crippen LogP contribution in [0.5, 0.6) is 0 Å². The second-order valence-corrected chi connectivity index (χ2v) is 14.3. The van der Waals surface area contributed by atoms with Crippen LogP contribution in [0.2, 0.25) is 0 Å². The summed E-state index contributed by atoms with van der Waals surface area (Å²) in [7, 11) is 0. The monoisotopic (exact) mass is 871 g/mol. The Morgan fingerprint density at radius 1 is 0.717 bits per heavy atom.